The topological polar surface area (TPSA) is 140 Å². The van der Waals surface area contributed by atoms with E-state index in [0.29, 0.717) is 36.2 Å². The number of morpholine rings is 1. The van der Waals surface area contributed by atoms with E-state index in [0.717, 1.165) is 5.56 Å². The predicted molar refractivity (Wildman–Crippen MR) is 118 cm³/mol. The highest BCUT2D eigenvalue weighted by Gasteiger charge is 2.51. The second-order valence-corrected chi connectivity index (χ2v) is 7.91. The molecule has 1 fully saturated rings. The molecule has 1 aromatic carbocycles. The normalized spacial score (nSPS) is 20.9. The van der Waals surface area contributed by atoms with Crippen molar-refractivity contribution >= 4 is 29.1 Å². The third-order valence-corrected chi connectivity index (χ3v) is 5.67. The molecule has 1 aromatic heterocycles. The SMILES string of the molecule is CNC(=O)Nc1ccc(-c2ncc3c(n2)N2CCOCC2(C)C(=O)N3CC(O)CO)cc1. The number of hydrogen-bond acceptors (Lipinski definition) is 8. The summed E-state index contributed by atoms with van der Waals surface area (Å²) in [6, 6.07) is 6.78. The van der Waals surface area contributed by atoms with Gasteiger partial charge in [-0.15, -0.1) is 0 Å². The first-order valence-electron chi connectivity index (χ1n) is 10.3. The summed E-state index contributed by atoms with van der Waals surface area (Å²) in [6.45, 7) is 2.38. The summed E-state index contributed by atoms with van der Waals surface area (Å²) in [5.74, 6) is 0.789. The van der Waals surface area contributed by atoms with Crippen LogP contribution in [0.4, 0.5) is 22.0 Å². The van der Waals surface area contributed by atoms with Crippen molar-refractivity contribution in [1.29, 1.82) is 0 Å². The van der Waals surface area contributed by atoms with Gasteiger partial charge in [0.1, 0.15) is 11.2 Å². The Balaban J connectivity index is 1.72. The summed E-state index contributed by atoms with van der Waals surface area (Å²) in [5, 5.41) is 24.5. The number of amides is 3. The van der Waals surface area contributed by atoms with Crippen molar-refractivity contribution in [3.63, 3.8) is 0 Å². The Kier molecular flexibility index (Phi) is 5.96. The molecule has 11 heteroatoms. The summed E-state index contributed by atoms with van der Waals surface area (Å²) < 4.78 is 5.59. The molecule has 170 valence electrons. The maximum atomic E-state index is 13.3. The van der Waals surface area contributed by atoms with E-state index in [2.05, 4.69) is 15.6 Å². The number of aliphatic hydroxyl groups is 2. The molecule has 2 unspecified atom stereocenters. The van der Waals surface area contributed by atoms with Crippen molar-refractivity contribution in [2.75, 3.05) is 55.1 Å². The molecule has 2 aliphatic rings. The zero-order valence-electron chi connectivity index (χ0n) is 17.9. The van der Waals surface area contributed by atoms with Gasteiger partial charge in [0, 0.05) is 24.8 Å². The van der Waals surface area contributed by atoms with E-state index >= 15 is 0 Å². The van der Waals surface area contributed by atoms with Crippen LogP contribution in [0.15, 0.2) is 30.5 Å². The summed E-state index contributed by atoms with van der Waals surface area (Å²) in [5.41, 5.74) is 0.863. The zero-order valence-corrected chi connectivity index (χ0v) is 17.9. The van der Waals surface area contributed by atoms with Crippen LogP contribution in [-0.4, -0.2) is 83.7 Å². The molecular formula is C21H26N6O5. The molecule has 0 spiro atoms. The van der Waals surface area contributed by atoms with Gasteiger partial charge in [-0.25, -0.2) is 14.8 Å². The predicted octanol–water partition coefficient (Wildman–Crippen LogP) is 0.190. The monoisotopic (exact) mass is 442 g/mol. The number of carbonyl (C=O) groups is 2. The van der Waals surface area contributed by atoms with E-state index < -0.39 is 18.2 Å². The van der Waals surface area contributed by atoms with Crippen LogP contribution in [0.1, 0.15) is 6.92 Å². The van der Waals surface area contributed by atoms with Crippen LogP contribution in [0.5, 0.6) is 0 Å². The van der Waals surface area contributed by atoms with Crippen molar-refractivity contribution in [2.24, 2.45) is 0 Å². The first-order chi connectivity index (χ1) is 15.4. The number of carbonyl (C=O) groups excluding carboxylic acids is 2. The van der Waals surface area contributed by atoms with Crippen LogP contribution < -0.4 is 20.4 Å². The molecule has 4 N–H and O–H groups in total. The number of fused-ring (bicyclic) bond motifs is 3. The number of urea groups is 1. The molecule has 4 rings (SSSR count). The first-order valence-corrected chi connectivity index (χ1v) is 10.3. The summed E-state index contributed by atoms with van der Waals surface area (Å²) >= 11 is 0. The van der Waals surface area contributed by atoms with E-state index in [9.17, 15) is 19.8 Å². The Morgan fingerprint density at radius 1 is 1.34 bits per heavy atom. The number of aromatic nitrogens is 2. The van der Waals surface area contributed by atoms with E-state index in [-0.39, 0.29) is 25.1 Å². The number of ether oxygens (including phenoxy) is 1. The van der Waals surface area contributed by atoms with Gasteiger partial charge in [-0.3, -0.25) is 4.79 Å². The molecule has 1 saturated heterocycles. The van der Waals surface area contributed by atoms with E-state index in [1.54, 1.807) is 37.4 Å². The van der Waals surface area contributed by atoms with Gasteiger partial charge in [0.05, 0.1) is 38.7 Å². The Labute approximate surface area is 185 Å². The van der Waals surface area contributed by atoms with Gasteiger partial charge in [-0.1, -0.05) is 0 Å². The first kappa shape index (κ1) is 21.9. The third-order valence-electron chi connectivity index (χ3n) is 5.67. The van der Waals surface area contributed by atoms with Crippen LogP contribution in [0.2, 0.25) is 0 Å². The van der Waals surface area contributed by atoms with Crippen molar-refractivity contribution in [3.8, 4) is 11.4 Å². The van der Waals surface area contributed by atoms with E-state index in [1.807, 2.05) is 4.90 Å². The van der Waals surface area contributed by atoms with Crippen LogP contribution >= 0.6 is 0 Å². The lowest BCUT2D eigenvalue weighted by Crippen LogP contribution is -2.68. The van der Waals surface area contributed by atoms with Gasteiger partial charge in [0.15, 0.2) is 11.6 Å². The highest BCUT2D eigenvalue weighted by atomic mass is 16.5. The van der Waals surface area contributed by atoms with Crippen LogP contribution in [0, 0.1) is 0 Å². The molecular weight excluding hydrogens is 416 g/mol. The minimum Gasteiger partial charge on any atom is -0.394 e. The summed E-state index contributed by atoms with van der Waals surface area (Å²) in [6.07, 6.45) is 0.470. The van der Waals surface area contributed by atoms with Crippen LogP contribution in [-0.2, 0) is 9.53 Å². The standard InChI is InChI=1S/C21H26N6O5/c1-21-12-32-8-7-27(21)18-16(26(19(21)30)10-15(29)11-28)9-23-17(25-18)13-3-5-14(6-4-13)24-20(31)22-2/h3-6,9,15,28-29H,7-8,10-12H2,1-2H3,(H2,22,24,31). The van der Waals surface area contributed by atoms with E-state index in [4.69, 9.17) is 9.72 Å². The van der Waals surface area contributed by atoms with Gasteiger partial charge in [0.25, 0.3) is 5.91 Å². The Bertz CT molecular complexity index is 1020. The number of β-amino-alcohol motifs (C(OH)–C–C–N with tert-alkyl or cyclic N) is 1. The number of hydrogen-bond donors (Lipinski definition) is 4. The third kappa shape index (κ3) is 3.85. The van der Waals surface area contributed by atoms with Crippen molar-refractivity contribution < 1.29 is 24.5 Å². The lowest BCUT2D eigenvalue weighted by atomic mass is 9.93. The molecule has 0 radical (unpaired) electrons. The summed E-state index contributed by atoms with van der Waals surface area (Å²) in [7, 11) is 1.54. The smallest absolute Gasteiger partial charge is 0.318 e. The number of nitrogens with one attached hydrogen (secondary N) is 2. The summed E-state index contributed by atoms with van der Waals surface area (Å²) in [4.78, 5) is 37.3. The van der Waals surface area contributed by atoms with Crippen LogP contribution in [0.3, 0.4) is 0 Å². The molecule has 2 atom stereocenters. The van der Waals surface area contributed by atoms with Crippen molar-refractivity contribution in [2.45, 2.75) is 18.6 Å². The van der Waals surface area contributed by atoms with Crippen molar-refractivity contribution in [3.05, 3.63) is 30.5 Å². The molecule has 0 bridgehead atoms. The van der Waals surface area contributed by atoms with E-state index in [1.165, 1.54) is 11.9 Å². The Morgan fingerprint density at radius 3 is 2.78 bits per heavy atom. The quantitative estimate of drug-likeness (QED) is 0.515. The van der Waals surface area contributed by atoms with Gasteiger partial charge in [-0.05, 0) is 31.2 Å². The maximum Gasteiger partial charge on any atom is 0.318 e. The van der Waals surface area contributed by atoms with Gasteiger partial charge >= 0.3 is 6.03 Å². The average Bonchev–Trinajstić information content (AvgIpc) is 2.82. The molecule has 0 aliphatic carbocycles. The Hall–Kier alpha value is -3.28. The fraction of sp³-hybridized carbons (Fsp3) is 0.429. The minimum absolute atomic E-state index is 0.0751. The molecule has 32 heavy (non-hydrogen) atoms. The van der Waals surface area contributed by atoms with Crippen LogP contribution in [0.25, 0.3) is 11.4 Å². The maximum absolute atomic E-state index is 13.3. The lowest BCUT2D eigenvalue weighted by molar-refractivity contribution is -0.128. The van der Waals surface area contributed by atoms with Crippen molar-refractivity contribution in [1.82, 2.24) is 15.3 Å². The molecule has 2 aliphatic heterocycles. The lowest BCUT2D eigenvalue weighted by Gasteiger charge is -2.50. The van der Waals surface area contributed by atoms with Gasteiger partial charge in [0.2, 0.25) is 0 Å². The number of rotatable bonds is 5. The average molecular weight is 442 g/mol. The highest BCUT2D eigenvalue weighted by Crippen LogP contribution is 2.41. The second-order valence-electron chi connectivity index (χ2n) is 7.91. The Morgan fingerprint density at radius 2 is 2.09 bits per heavy atom. The molecule has 11 nitrogen and oxygen atoms in total. The fourth-order valence-electron chi connectivity index (χ4n) is 3.91. The van der Waals surface area contributed by atoms with Gasteiger partial charge < -0.3 is 35.4 Å². The molecule has 2 aromatic rings. The second kappa shape index (κ2) is 8.69. The molecule has 0 saturated carbocycles. The molecule has 3 heterocycles. The fourth-order valence-corrected chi connectivity index (χ4v) is 3.91. The highest BCUT2D eigenvalue weighted by molar-refractivity contribution is 6.08. The zero-order chi connectivity index (χ0) is 22.9. The number of nitrogens with zero attached hydrogens (tertiary/aromatic N) is 4. The number of benzene rings is 1. The number of anilines is 3. The largest absolute Gasteiger partial charge is 0.394 e. The molecule has 3 amide bonds. The minimum atomic E-state index is -1.09. The number of aliphatic hydroxyl groups excluding tert-OH is 2. The van der Waals surface area contributed by atoms with Gasteiger partial charge in [-0.2, -0.15) is 0 Å².